The molecule has 8 heteroatoms. The van der Waals surface area contributed by atoms with Gasteiger partial charge in [0.1, 0.15) is 4.88 Å². The fraction of sp³-hybridized carbons (Fsp3) is 0.200. The van der Waals surface area contributed by atoms with E-state index in [0.717, 1.165) is 20.5 Å². The molecule has 1 N–H and O–H groups in total. The van der Waals surface area contributed by atoms with Crippen molar-refractivity contribution in [3.63, 3.8) is 0 Å². The molecule has 0 bridgehead atoms. The van der Waals surface area contributed by atoms with Crippen molar-refractivity contribution in [1.29, 1.82) is 0 Å². The molecule has 0 saturated carbocycles. The second kappa shape index (κ2) is 6.51. The summed E-state index contributed by atoms with van der Waals surface area (Å²) in [4.78, 5) is 18.4. The zero-order chi connectivity index (χ0) is 16.4. The molecule has 1 aromatic carbocycles. The minimum absolute atomic E-state index is 0.0753. The minimum atomic E-state index is -0.276. The van der Waals surface area contributed by atoms with E-state index in [2.05, 4.69) is 20.5 Å². The summed E-state index contributed by atoms with van der Waals surface area (Å²) in [6.07, 6.45) is 1.92. The third kappa shape index (κ3) is 3.27. The van der Waals surface area contributed by atoms with E-state index in [1.807, 2.05) is 38.3 Å². The Labute approximate surface area is 141 Å². The van der Waals surface area contributed by atoms with Crippen LogP contribution in [0.4, 0.5) is 6.01 Å². The van der Waals surface area contributed by atoms with E-state index in [1.54, 1.807) is 6.07 Å². The van der Waals surface area contributed by atoms with Gasteiger partial charge in [-0.1, -0.05) is 17.2 Å². The lowest BCUT2D eigenvalue weighted by Gasteiger charge is -2.05. The number of hydrogen-bond acceptors (Lipinski definition) is 7. The van der Waals surface area contributed by atoms with Crippen molar-refractivity contribution < 1.29 is 9.21 Å². The first kappa shape index (κ1) is 15.7. The fourth-order valence-electron chi connectivity index (χ4n) is 2.09. The van der Waals surface area contributed by atoms with Crippen molar-refractivity contribution in [3.8, 4) is 10.8 Å². The van der Waals surface area contributed by atoms with Gasteiger partial charge >= 0.3 is 6.01 Å². The quantitative estimate of drug-likeness (QED) is 0.724. The molecule has 1 amide bonds. The summed E-state index contributed by atoms with van der Waals surface area (Å²) in [6.45, 7) is 3.80. The van der Waals surface area contributed by atoms with Crippen LogP contribution in [0.5, 0.6) is 0 Å². The molecule has 0 aliphatic carbocycles. The molecule has 0 aliphatic heterocycles. The molecule has 0 saturated heterocycles. The van der Waals surface area contributed by atoms with Crippen LogP contribution in [0, 0.1) is 13.8 Å². The normalized spacial score (nSPS) is 10.7. The number of anilines is 1. The first-order valence-corrected chi connectivity index (χ1v) is 8.85. The van der Waals surface area contributed by atoms with Crippen molar-refractivity contribution in [2.45, 2.75) is 18.7 Å². The second-order valence-corrected chi connectivity index (χ2v) is 6.77. The Morgan fingerprint density at radius 3 is 2.74 bits per heavy atom. The number of hydrogen-bond donors (Lipinski definition) is 1. The monoisotopic (exact) mass is 346 g/mol. The number of carbonyl (C=O) groups is 1. The van der Waals surface area contributed by atoms with Gasteiger partial charge < -0.3 is 4.42 Å². The number of thiazole rings is 1. The van der Waals surface area contributed by atoms with Crippen LogP contribution in [0.1, 0.15) is 21.1 Å². The number of nitrogens with zero attached hydrogens (tertiary/aromatic N) is 3. The number of amides is 1. The van der Waals surface area contributed by atoms with E-state index in [1.165, 1.54) is 23.1 Å². The molecule has 3 rings (SSSR count). The molecule has 0 atom stereocenters. The number of carbonyl (C=O) groups excluding carboxylic acids is 1. The van der Waals surface area contributed by atoms with Crippen LogP contribution < -0.4 is 5.32 Å². The van der Waals surface area contributed by atoms with Crippen LogP contribution in [0.2, 0.25) is 0 Å². The Kier molecular flexibility index (Phi) is 4.44. The summed E-state index contributed by atoms with van der Waals surface area (Å²) < 4.78 is 5.54. The molecule has 23 heavy (non-hydrogen) atoms. The molecule has 3 aromatic rings. The third-order valence-corrected chi connectivity index (χ3v) is 4.95. The predicted molar refractivity (Wildman–Crippen MR) is 91.1 cm³/mol. The number of aryl methyl sites for hydroxylation is 2. The van der Waals surface area contributed by atoms with Gasteiger partial charge in [-0.15, -0.1) is 28.2 Å². The van der Waals surface area contributed by atoms with Gasteiger partial charge in [0.15, 0.2) is 0 Å². The van der Waals surface area contributed by atoms with Gasteiger partial charge in [-0.05, 0) is 32.2 Å². The standard InChI is InChI=1S/C15H14N4O2S2/c1-8-12(23-9(2)16-8)14-18-19-15(21-14)17-13(20)10-6-4-5-7-11(10)22-3/h4-7H,1-3H3,(H,17,19,20). The van der Waals surface area contributed by atoms with Crippen molar-refractivity contribution in [2.75, 3.05) is 11.6 Å². The number of benzene rings is 1. The Morgan fingerprint density at radius 1 is 1.26 bits per heavy atom. The van der Waals surface area contributed by atoms with Crippen LogP contribution in [-0.2, 0) is 0 Å². The fourth-order valence-corrected chi connectivity index (χ4v) is 3.53. The third-order valence-electron chi connectivity index (χ3n) is 3.09. The topological polar surface area (TPSA) is 80.9 Å². The Hall–Kier alpha value is -2.19. The van der Waals surface area contributed by atoms with Gasteiger partial charge in [0.2, 0.25) is 0 Å². The maximum absolute atomic E-state index is 12.3. The van der Waals surface area contributed by atoms with E-state index in [0.29, 0.717) is 11.5 Å². The van der Waals surface area contributed by atoms with Crippen molar-refractivity contribution in [1.82, 2.24) is 15.2 Å². The summed E-state index contributed by atoms with van der Waals surface area (Å²) in [7, 11) is 0. The summed E-state index contributed by atoms with van der Waals surface area (Å²) in [5.41, 5.74) is 1.41. The summed E-state index contributed by atoms with van der Waals surface area (Å²) >= 11 is 2.99. The molecule has 0 spiro atoms. The smallest absolute Gasteiger partial charge is 0.322 e. The minimum Gasteiger partial charge on any atom is -0.402 e. The van der Waals surface area contributed by atoms with Crippen molar-refractivity contribution >= 4 is 35.0 Å². The zero-order valence-electron chi connectivity index (χ0n) is 12.8. The molecule has 0 unspecified atom stereocenters. The molecule has 2 heterocycles. The van der Waals surface area contributed by atoms with Gasteiger partial charge in [0.25, 0.3) is 11.8 Å². The van der Waals surface area contributed by atoms with Gasteiger partial charge in [0.05, 0.1) is 16.3 Å². The highest BCUT2D eigenvalue weighted by molar-refractivity contribution is 7.98. The van der Waals surface area contributed by atoms with Crippen molar-refractivity contribution in [3.05, 3.63) is 40.5 Å². The van der Waals surface area contributed by atoms with E-state index >= 15 is 0 Å². The SMILES string of the molecule is CSc1ccccc1C(=O)Nc1nnc(-c2sc(C)nc2C)o1. The highest BCUT2D eigenvalue weighted by Crippen LogP contribution is 2.29. The average molecular weight is 346 g/mol. The Balaban J connectivity index is 1.82. The number of nitrogens with one attached hydrogen (secondary N) is 1. The van der Waals surface area contributed by atoms with E-state index in [-0.39, 0.29) is 11.9 Å². The first-order valence-electron chi connectivity index (χ1n) is 6.80. The van der Waals surface area contributed by atoms with E-state index < -0.39 is 0 Å². The largest absolute Gasteiger partial charge is 0.402 e. The second-order valence-electron chi connectivity index (χ2n) is 4.71. The molecule has 2 aromatic heterocycles. The van der Waals surface area contributed by atoms with Crippen LogP contribution in [-0.4, -0.2) is 27.3 Å². The number of thioether (sulfide) groups is 1. The van der Waals surface area contributed by atoms with Gasteiger partial charge in [-0.25, -0.2) is 4.98 Å². The highest BCUT2D eigenvalue weighted by Gasteiger charge is 2.17. The summed E-state index contributed by atoms with van der Waals surface area (Å²) in [5, 5.41) is 11.4. The Bertz CT molecular complexity index is 857. The molecule has 0 radical (unpaired) electrons. The predicted octanol–water partition coefficient (Wildman–Crippen LogP) is 3.78. The van der Waals surface area contributed by atoms with E-state index in [4.69, 9.17) is 4.42 Å². The molecule has 118 valence electrons. The van der Waals surface area contributed by atoms with Gasteiger partial charge in [-0.3, -0.25) is 10.1 Å². The van der Waals surface area contributed by atoms with Crippen LogP contribution >= 0.6 is 23.1 Å². The Morgan fingerprint density at radius 2 is 2.04 bits per heavy atom. The molecular weight excluding hydrogens is 332 g/mol. The lowest BCUT2D eigenvalue weighted by Crippen LogP contribution is -2.13. The first-order chi connectivity index (χ1) is 11.1. The van der Waals surface area contributed by atoms with Gasteiger partial charge in [-0.2, -0.15) is 0 Å². The highest BCUT2D eigenvalue weighted by atomic mass is 32.2. The molecule has 0 aliphatic rings. The molecular formula is C15H14N4O2S2. The van der Waals surface area contributed by atoms with Crippen LogP contribution in [0.25, 0.3) is 10.8 Å². The lowest BCUT2D eigenvalue weighted by molar-refractivity contribution is 0.102. The van der Waals surface area contributed by atoms with Crippen LogP contribution in [0.3, 0.4) is 0 Å². The number of aromatic nitrogens is 3. The summed E-state index contributed by atoms with van der Waals surface area (Å²) in [6, 6.07) is 7.43. The molecule has 0 fully saturated rings. The number of rotatable bonds is 4. The summed E-state index contributed by atoms with van der Waals surface area (Å²) in [5.74, 6) is 0.0870. The van der Waals surface area contributed by atoms with Gasteiger partial charge in [0, 0.05) is 4.90 Å². The maximum Gasteiger partial charge on any atom is 0.322 e. The van der Waals surface area contributed by atoms with E-state index in [9.17, 15) is 4.79 Å². The average Bonchev–Trinajstić information content (AvgIpc) is 3.13. The maximum atomic E-state index is 12.3. The van der Waals surface area contributed by atoms with Crippen molar-refractivity contribution in [2.24, 2.45) is 0 Å². The van der Waals surface area contributed by atoms with Crippen LogP contribution in [0.15, 0.2) is 33.6 Å². The lowest BCUT2D eigenvalue weighted by atomic mass is 10.2. The molecule has 6 nitrogen and oxygen atoms in total. The zero-order valence-corrected chi connectivity index (χ0v) is 14.4.